The summed E-state index contributed by atoms with van der Waals surface area (Å²) in [6.07, 6.45) is 2.66. The van der Waals surface area contributed by atoms with Crippen LogP contribution in [0.4, 0.5) is 5.82 Å². The van der Waals surface area contributed by atoms with E-state index in [9.17, 15) is 14.4 Å². The van der Waals surface area contributed by atoms with Gasteiger partial charge in [-0.1, -0.05) is 6.92 Å². The molecule has 1 saturated heterocycles. The van der Waals surface area contributed by atoms with Crippen molar-refractivity contribution < 1.29 is 9.53 Å². The number of carbonyl (C=O) groups excluding carboxylic acids is 1. The van der Waals surface area contributed by atoms with E-state index >= 15 is 0 Å². The van der Waals surface area contributed by atoms with Crippen LogP contribution in [0.2, 0.25) is 0 Å². The molecule has 2 fully saturated rings. The number of carbonyl (C=O) groups is 1. The SMILES string of the molecule is CC[C@@H]1CN(CC(=O)c2c(N)n(C3CC3)c(=O)[nH]c2=O)CCO1. The molecule has 0 aromatic carbocycles. The third-order valence-electron chi connectivity index (χ3n) is 4.42. The maximum Gasteiger partial charge on any atom is 0.330 e. The summed E-state index contributed by atoms with van der Waals surface area (Å²) >= 11 is 0. The van der Waals surface area contributed by atoms with Gasteiger partial charge in [-0.3, -0.25) is 24.0 Å². The molecule has 23 heavy (non-hydrogen) atoms. The zero-order valence-electron chi connectivity index (χ0n) is 13.2. The molecule has 3 N–H and O–H groups in total. The molecule has 2 aliphatic rings. The van der Waals surface area contributed by atoms with Crippen LogP contribution in [0.15, 0.2) is 9.59 Å². The van der Waals surface area contributed by atoms with Crippen molar-refractivity contribution in [1.29, 1.82) is 0 Å². The van der Waals surface area contributed by atoms with Crippen LogP contribution in [-0.4, -0.2) is 52.6 Å². The lowest BCUT2D eigenvalue weighted by molar-refractivity contribution is -0.0271. The second kappa shape index (κ2) is 6.29. The van der Waals surface area contributed by atoms with Crippen molar-refractivity contribution in [3.8, 4) is 0 Å². The van der Waals surface area contributed by atoms with E-state index in [1.165, 1.54) is 4.57 Å². The Balaban J connectivity index is 1.83. The average Bonchev–Trinajstić information content (AvgIpc) is 3.31. The van der Waals surface area contributed by atoms with Gasteiger partial charge in [0.2, 0.25) is 0 Å². The fourth-order valence-corrected chi connectivity index (χ4v) is 2.98. The average molecular weight is 322 g/mol. The van der Waals surface area contributed by atoms with Gasteiger partial charge in [-0.2, -0.15) is 0 Å². The Bertz CT molecular complexity index is 719. The highest BCUT2D eigenvalue weighted by Gasteiger charge is 2.31. The van der Waals surface area contributed by atoms with E-state index in [4.69, 9.17) is 10.5 Å². The second-order valence-electron chi connectivity index (χ2n) is 6.18. The molecule has 0 radical (unpaired) electrons. The quantitative estimate of drug-likeness (QED) is 0.723. The number of morpholine rings is 1. The molecule has 0 amide bonds. The smallest absolute Gasteiger partial charge is 0.330 e. The molecule has 1 saturated carbocycles. The molecule has 8 nitrogen and oxygen atoms in total. The molecule has 0 spiro atoms. The number of anilines is 1. The number of Topliss-reactive ketones (excluding diaryl/α,β-unsaturated/α-hetero) is 1. The molecule has 8 heteroatoms. The Kier molecular flexibility index (Phi) is 4.36. The lowest BCUT2D eigenvalue weighted by Crippen LogP contribution is -2.45. The van der Waals surface area contributed by atoms with Gasteiger partial charge in [-0.05, 0) is 19.3 Å². The van der Waals surface area contributed by atoms with Crippen LogP contribution in [0.25, 0.3) is 0 Å². The molecule has 1 aromatic rings. The van der Waals surface area contributed by atoms with Gasteiger partial charge in [-0.25, -0.2) is 4.79 Å². The first-order valence-corrected chi connectivity index (χ1v) is 8.02. The van der Waals surface area contributed by atoms with Gasteiger partial charge in [0.15, 0.2) is 5.78 Å². The molecular formula is C15H22N4O4. The Labute approximate surface area is 133 Å². The summed E-state index contributed by atoms with van der Waals surface area (Å²) in [6, 6.07) is -0.00115. The van der Waals surface area contributed by atoms with E-state index in [0.29, 0.717) is 19.7 Å². The fourth-order valence-electron chi connectivity index (χ4n) is 2.98. The lowest BCUT2D eigenvalue weighted by Gasteiger charge is -2.31. The lowest BCUT2D eigenvalue weighted by atomic mass is 10.1. The fraction of sp³-hybridized carbons (Fsp3) is 0.667. The topological polar surface area (TPSA) is 110 Å². The van der Waals surface area contributed by atoms with Gasteiger partial charge in [0.1, 0.15) is 11.4 Å². The van der Waals surface area contributed by atoms with Crippen LogP contribution < -0.4 is 17.0 Å². The van der Waals surface area contributed by atoms with Crippen molar-refractivity contribution in [3.63, 3.8) is 0 Å². The number of hydrogen-bond donors (Lipinski definition) is 2. The number of nitrogens with one attached hydrogen (secondary N) is 1. The predicted molar refractivity (Wildman–Crippen MR) is 84.8 cm³/mol. The number of aromatic amines is 1. The number of nitrogens with zero attached hydrogens (tertiary/aromatic N) is 2. The van der Waals surface area contributed by atoms with Gasteiger partial charge in [0.25, 0.3) is 5.56 Å². The summed E-state index contributed by atoms with van der Waals surface area (Å²) in [5, 5.41) is 0. The van der Waals surface area contributed by atoms with Crippen LogP contribution in [0.3, 0.4) is 0 Å². The zero-order chi connectivity index (χ0) is 16.6. The number of rotatable bonds is 5. The van der Waals surface area contributed by atoms with E-state index in [2.05, 4.69) is 4.98 Å². The van der Waals surface area contributed by atoms with E-state index in [-0.39, 0.29) is 35.9 Å². The number of nitrogen functional groups attached to an aromatic ring is 1. The molecule has 3 rings (SSSR count). The number of hydrogen-bond acceptors (Lipinski definition) is 6. The maximum absolute atomic E-state index is 12.6. The van der Waals surface area contributed by atoms with Crippen molar-refractivity contribution in [3.05, 3.63) is 26.4 Å². The van der Waals surface area contributed by atoms with Gasteiger partial charge >= 0.3 is 5.69 Å². The second-order valence-corrected chi connectivity index (χ2v) is 6.18. The summed E-state index contributed by atoms with van der Waals surface area (Å²) in [5.74, 6) is -0.360. The highest BCUT2D eigenvalue weighted by Crippen LogP contribution is 2.35. The highest BCUT2D eigenvalue weighted by molar-refractivity contribution is 6.01. The molecule has 2 heterocycles. The first-order valence-electron chi connectivity index (χ1n) is 8.02. The molecule has 1 aliphatic carbocycles. The minimum Gasteiger partial charge on any atom is -0.384 e. The molecule has 126 valence electrons. The Morgan fingerprint density at radius 1 is 1.39 bits per heavy atom. The molecule has 1 aromatic heterocycles. The molecule has 1 atom stereocenters. The largest absolute Gasteiger partial charge is 0.384 e. The Morgan fingerprint density at radius 2 is 2.13 bits per heavy atom. The first-order chi connectivity index (χ1) is 11.0. The van der Waals surface area contributed by atoms with Crippen molar-refractivity contribution in [2.45, 2.75) is 38.3 Å². The highest BCUT2D eigenvalue weighted by atomic mass is 16.5. The van der Waals surface area contributed by atoms with Crippen LogP contribution in [0, 0.1) is 0 Å². The Morgan fingerprint density at radius 3 is 2.78 bits per heavy atom. The molecule has 0 bridgehead atoms. The third kappa shape index (κ3) is 3.23. The normalized spacial score (nSPS) is 22.2. The Hall–Kier alpha value is -1.93. The van der Waals surface area contributed by atoms with Crippen LogP contribution in [0.5, 0.6) is 0 Å². The summed E-state index contributed by atoms with van der Waals surface area (Å²) in [4.78, 5) is 40.7. The van der Waals surface area contributed by atoms with Gasteiger partial charge in [0.05, 0.1) is 19.3 Å². The van der Waals surface area contributed by atoms with E-state index < -0.39 is 11.2 Å². The minimum absolute atomic E-state index is 0.00115. The van der Waals surface area contributed by atoms with Crippen molar-refractivity contribution in [2.24, 2.45) is 0 Å². The van der Waals surface area contributed by atoms with E-state index in [0.717, 1.165) is 19.3 Å². The maximum atomic E-state index is 12.6. The number of ether oxygens (including phenoxy) is 1. The minimum atomic E-state index is -0.699. The standard InChI is InChI=1S/C15H22N4O4/c1-2-10-7-18(5-6-23-10)8-11(20)12-13(16)19(9-3-4-9)15(22)17-14(12)21/h9-10H,2-8,16H2,1H3,(H,17,21,22)/t10-/m1/s1. The first kappa shape index (κ1) is 15.9. The zero-order valence-corrected chi connectivity index (χ0v) is 13.2. The number of aromatic nitrogens is 2. The third-order valence-corrected chi connectivity index (χ3v) is 4.42. The van der Waals surface area contributed by atoms with E-state index in [1.54, 1.807) is 0 Å². The number of ketones is 1. The summed E-state index contributed by atoms with van der Waals surface area (Å²) in [6.45, 7) is 4.00. The van der Waals surface area contributed by atoms with Gasteiger partial charge < -0.3 is 10.5 Å². The van der Waals surface area contributed by atoms with Crippen LogP contribution >= 0.6 is 0 Å². The monoisotopic (exact) mass is 322 g/mol. The van der Waals surface area contributed by atoms with Crippen LogP contribution in [0.1, 0.15) is 42.6 Å². The summed E-state index contributed by atoms with van der Waals surface area (Å²) in [5.41, 5.74) is 4.63. The number of nitrogens with two attached hydrogens (primary N) is 1. The number of H-pyrrole nitrogens is 1. The predicted octanol–water partition coefficient (Wildman–Crippen LogP) is -0.253. The van der Waals surface area contributed by atoms with Crippen molar-refractivity contribution in [2.75, 3.05) is 32.0 Å². The summed E-state index contributed by atoms with van der Waals surface area (Å²) in [7, 11) is 0. The van der Waals surface area contributed by atoms with Gasteiger partial charge in [-0.15, -0.1) is 0 Å². The molecular weight excluding hydrogens is 300 g/mol. The van der Waals surface area contributed by atoms with Crippen molar-refractivity contribution in [1.82, 2.24) is 14.5 Å². The summed E-state index contributed by atoms with van der Waals surface area (Å²) < 4.78 is 6.91. The molecule has 1 aliphatic heterocycles. The van der Waals surface area contributed by atoms with Crippen LogP contribution in [-0.2, 0) is 4.74 Å². The van der Waals surface area contributed by atoms with E-state index in [1.807, 2.05) is 11.8 Å². The van der Waals surface area contributed by atoms with Crippen molar-refractivity contribution >= 4 is 11.6 Å². The molecule has 0 unspecified atom stereocenters. The van der Waals surface area contributed by atoms with Gasteiger partial charge in [0, 0.05) is 19.1 Å².